The van der Waals surface area contributed by atoms with Crippen molar-refractivity contribution in [3.8, 4) is 6.19 Å². The molecule has 0 amide bonds. The molecule has 17 heavy (non-hydrogen) atoms. The lowest BCUT2D eigenvalue weighted by atomic mass is 10.1. The van der Waals surface area contributed by atoms with Crippen LogP contribution in [-0.2, 0) is 0 Å². The number of hydrogen-bond acceptors (Lipinski definition) is 2. The van der Waals surface area contributed by atoms with Crippen LogP contribution in [0.5, 0.6) is 0 Å². The van der Waals surface area contributed by atoms with Crippen molar-refractivity contribution < 1.29 is 0 Å². The highest BCUT2D eigenvalue weighted by Crippen LogP contribution is 2.26. The Hall–Kier alpha value is -1.53. The number of nitrogens with zero attached hydrogens (tertiary/aromatic N) is 3. The Morgan fingerprint density at radius 2 is 2.12 bits per heavy atom. The van der Waals surface area contributed by atoms with E-state index >= 15 is 0 Å². The SMILES string of the molecule is CC(c1ccc(Cl)cc1)N1CCCC1=NC#N. The normalized spacial score (nSPS) is 19.4. The maximum absolute atomic E-state index is 8.65. The minimum Gasteiger partial charge on any atom is -0.353 e. The van der Waals surface area contributed by atoms with Gasteiger partial charge < -0.3 is 4.90 Å². The number of amidine groups is 1. The van der Waals surface area contributed by atoms with Gasteiger partial charge in [-0.1, -0.05) is 23.7 Å². The summed E-state index contributed by atoms with van der Waals surface area (Å²) in [6.07, 6.45) is 3.84. The summed E-state index contributed by atoms with van der Waals surface area (Å²) in [6, 6.07) is 8.07. The maximum atomic E-state index is 8.65. The molecule has 2 rings (SSSR count). The van der Waals surface area contributed by atoms with Gasteiger partial charge in [0.2, 0.25) is 6.19 Å². The molecule has 1 fully saturated rings. The summed E-state index contributed by atoms with van der Waals surface area (Å²) < 4.78 is 0. The first kappa shape index (κ1) is 11.9. The predicted octanol–water partition coefficient (Wildman–Crippen LogP) is 3.38. The van der Waals surface area contributed by atoms with Gasteiger partial charge in [0.05, 0.1) is 6.04 Å². The van der Waals surface area contributed by atoms with Gasteiger partial charge in [0.25, 0.3) is 0 Å². The number of rotatable bonds is 2. The summed E-state index contributed by atoms with van der Waals surface area (Å²) in [5, 5.41) is 9.40. The van der Waals surface area contributed by atoms with Crippen LogP contribution in [0.3, 0.4) is 0 Å². The summed E-state index contributed by atoms with van der Waals surface area (Å²) in [6.45, 7) is 3.09. The van der Waals surface area contributed by atoms with Gasteiger partial charge in [-0.3, -0.25) is 0 Å². The van der Waals surface area contributed by atoms with Crippen molar-refractivity contribution in [2.24, 2.45) is 4.99 Å². The van der Waals surface area contributed by atoms with Crippen LogP contribution in [0.1, 0.15) is 31.4 Å². The van der Waals surface area contributed by atoms with E-state index in [0.717, 1.165) is 30.2 Å². The van der Waals surface area contributed by atoms with Gasteiger partial charge in [-0.15, -0.1) is 0 Å². The zero-order valence-electron chi connectivity index (χ0n) is 9.73. The van der Waals surface area contributed by atoms with E-state index in [1.165, 1.54) is 5.56 Å². The molecule has 1 aromatic rings. The summed E-state index contributed by atoms with van der Waals surface area (Å²) in [7, 11) is 0. The van der Waals surface area contributed by atoms with Gasteiger partial charge in [-0.05, 0) is 31.0 Å². The Kier molecular flexibility index (Phi) is 3.65. The number of nitriles is 1. The minimum atomic E-state index is 0.238. The van der Waals surface area contributed by atoms with E-state index in [-0.39, 0.29) is 6.04 Å². The first-order chi connectivity index (χ1) is 8.22. The highest BCUT2D eigenvalue weighted by Gasteiger charge is 2.24. The molecule has 0 spiro atoms. The zero-order chi connectivity index (χ0) is 12.3. The summed E-state index contributed by atoms with van der Waals surface area (Å²) in [5.74, 6) is 0.898. The maximum Gasteiger partial charge on any atom is 0.207 e. The first-order valence-electron chi connectivity index (χ1n) is 5.70. The number of aliphatic imine (C=N–C) groups is 1. The zero-order valence-corrected chi connectivity index (χ0v) is 10.5. The van der Waals surface area contributed by atoms with Gasteiger partial charge >= 0.3 is 0 Å². The lowest BCUT2D eigenvalue weighted by molar-refractivity contribution is 0.364. The molecule has 0 aromatic heterocycles. The molecular weight excluding hydrogens is 234 g/mol. The summed E-state index contributed by atoms with van der Waals surface area (Å²) in [5.41, 5.74) is 1.20. The van der Waals surface area contributed by atoms with E-state index in [9.17, 15) is 0 Å². The fourth-order valence-corrected chi connectivity index (χ4v) is 2.32. The molecule has 88 valence electrons. The molecule has 1 saturated heterocycles. The number of halogens is 1. The van der Waals surface area contributed by atoms with Crippen molar-refractivity contribution in [3.05, 3.63) is 34.9 Å². The average molecular weight is 248 g/mol. The van der Waals surface area contributed by atoms with Gasteiger partial charge in [0.15, 0.2) is 0 Å². The van der Waals surface area contributed by atoms with Gasteiger partial charge in [0.1, 0.15) is 5.84 Å². The monoisotopic (exact) mass is 247 g/mol. The van der Waals surface area contributed by atoms with E-state index in [4.69, 9.17) is 16.9 Å². The van der Waals surface area contributed by atoms with E-state index in [1.807, 2.05) is 30.5 Å². The number of benzene rings is 1. The van der Waals surface area contributed by atoms with Crippen molar-refractivity contribution in [3.63, 3.8) is 0 Å². The highest BCUT2D eigenvalue weighted by molar-refractivity contribution is 6.30. The van der Waals surface area contributed by atoms with Crippen LogP contribution in [0.2, 0.25) is 5.02 Å². The number of hydrogen-bond donors (Lipinski definition) is 0. The van der Waals surface area contributed by atoms with Crippen LogP contribution in [0, 0.1) is 11.5 Å². The molecule has 1 aliphatic rings. The second-order valence-corrected chi connectivity index (χ2v) is 4.59. The molecule has 1 atom stereocenters. The second kappa shape index (κ2) is 5.20. The molecule has 1 aliphatic heterocycles. The van der Waals surface area contributed by atoms with Crippen molar-refractivity contribution in [2.75, 3.05) is 6.54 Å². The third-order valence-electron chi connectivity index (χ3n) is 3.13. The Bertz CT molecular complexity index is 459. The Labute approximate surface area is 106 Å². The molecule has 0 aliphatic carbocycles. The summed E-state index contributed by atoms with van der Waals surface area (Å²) >= 11 is 5.87. The minimum absolute atomic E-state index is 0.238. The van der Waals surface area contributed by atoms with Crippen LogP contribution < -0.4 is 0 Å². The van der Waals surface area contributed by atoms with Crippen molar-refractivity contribution in [2.45, 2.75) is 25.8 Å². The van der Waals surface area contributed by atoms with Crippen LogP contribution in [-0.4, -0.2) is 17.3 Å². The lowest BCUT2D eigenvalue weighted by Crippen LogP contribution is -2.28. The smallest absolute Gasteiger partial charge is 0.207 e. The fraction of sp³-hybridized carbons (Fsp3) is 0.385. The van der Waals surface area contributed by atoms with Crippen LogP contribution >= 0.6 is 11.6 Å². The lowest BCUT2D eigenvalue weighted by Gasteiger charge is -2.26. The first-order valence-corrected chi connectivity index (χ1v) is 6.08. The Morgan fingerprint density at radius 3 is 2.76 bits per heavy atom. The topological polar surface area (TPSA) is 39.4 Å². The van der Waals surface area contributed by atoms with Crippen molar-refractivity contribution in [1.82, 2.24) is 4.90 Å². The highest BCUT2D eigenvalue weighted by atomic mass is 35.5. The third-order valence-corrected chi connectivity index (χ3v) is 3.38. The summed E-state index contributed by atoms with van der Waals surface area (Å²) in [4.78, 5) is 6.08. The second-order valence-electron chi connectivity index (χ2n) is 4.15. The molecule has 0 radical (unpaired) electrons. The standard InChI is InChI=1S/C13H14ClN3/c1-10(11-4-6-12(14)7-5-11)17-8-2-3-13(17)16-9-15/h4-7,10H,2-3,8H2,1H3. The van der Waals surface area contributed by atoms with Crippen LogP contribution in [0.25, 0.3) is 0 Å². The molecule has 0 N–H and O–H groups in total. The van der Waals surface area contributed by atoms with Crippen molar-refractivity contribution in [1.29, 1.82) is 5.26 Å². The largest absolute Gasteiger partial charge is 0.353 e. The molecule has 0 bridgehead atoms. The van der Waals surface area contributed by atoms with Gasteiger partial charge in [-0.25, -0.2) is 0 Å². The van der Waals surface area contributed by atoms with E-state index in [0.29, 0.717) is 0 Å². The van der Waals surface area contributed by atoms with Gasteiger partial charge in [0, 0.05) is 18.0 Å². The predicted molar refractivity (Wildman–Crippen MR) is 68.9 cm³/mol. The van der Waals surface area contributed by atoms with E-state index < -0.39 is 0 Å². The molecular formula is C13H14ClN3. The van der Waals surface area contributed by atoms with E-state index in [2.05, 4.69) is 16.8 Å². The quantitative estimate of drug-likeness (QED) is 0.752. The van der Waals surface area contributed by atoms with Crippen LogP contribution in [0.4, 0.5) is 0 Å². The van der Waals surface area contributed by atoms with Gasteiger partial charge in [-0.2, -0.15) is 10.3 Å². The average Bonchev–Trinajstić information content (AvgIpc) is 2.78. The molecule has 1 unspecified atom stereocenters. The molecule has 0 saturated carbocycles. The number of likely N-dealkylation sites (tertiary alicyclic amines) is 1. The molecule has 1 heterocycles. The molecule has 4 heteroatoms. The van der Waals surface area contributed by atoms with Crippen molar-refractivity contribution >= 4 is 17.4 Å². The Balaban J connectivity index is 2.20. The molecule has 1 aromatic carbocycles. The third kappa shape index (κ3) is 2.59. The molecule has 3 nitrogen and oxygen atoms in total. The van der Waals surface area contributed by atoms with Crippen LogP contribution in [0.15, 0.2) is 29.3 Å². The fourth-order valence-electron chi connectivity index (χ4n) is 2.20. The van der Waals surface area contributed by atoms with E-state index in [1.54, 1.807) is 0 Å². The Morgan fingerprint density at radius 1 is 1.41 bits per heavy atom.